The van der Waals surface area contributed by atoms with E-state index in [0.717, 1.165) is 44.1 Å². The molecular weight excluding hydrogens is 601 g/mol. The molecule has 0 saturated carbocycles. The van der Waals surface area contributed by atoms with E-state index in [4.69, 9.17) is 0 Å². The Morgan fingerprint density at radius 1 is 0.551 bits per heavy atom. The number of pyridine rings is 1. The number of benzene rings is 6. The molecular formula is C44H30N4O. The van der Waals surface area contributed by atoms with Gasteiger partial charge in [0.1, 0.15) is 0 Å². The minimum atomic E-state index is -0.522. The third-order valence-electron chi connectivity index (χ3n) is 10.4. The molecule has 0 atom stereocenters. The summed E-state index contributed by atoms with van der Waals surface area (Å²) in [5.41, 5.74) is 10.9. The molecule has 5 nitrogen and oxygen atoms in total. The maximum Gasteiger partial charge on any atom is 0.372 e. The van der Waals surface area contributed by atoms with E-state index in [-0.39, 0.29) is 5.41 Å². The summed E-state index contributed by atoms with van der Waals surface area (Å²) < 4.78 is 4.15. The van der Waals surface area contributed by atoms with Crippen molar-refractivity contribution in [1.29, 1.82) is 0 Å². The van der Waals surface area contributed by atoms with Gasteiger partial charge in [-0.2, -0.15) is 9.97 Å². The van der Waals surface area contributed by atoms with E-state index in [1.165, 1.54) is 33.0 Å². The zero-order valence-electron chi connectivity index (χ0n) is 27.1. The van der Waals surface area contributed by atoms with Gasteiger partial charge >= 0.3 is 5.69 Å². The van der Waals surface area contributed by atoms with Crippen LogP contribution in [0.25, 0.3) is 77.6 Å². The lowest BCUT2D eigenvalue weighted by Crippen LogP contribution is -2.20. The molecule has 0 bridgehead atoms. The summed E-state index contributed by atoms with van der Waals surface area (Å²) in [4.78, 5) is 22.7. The first-order valence-electron chi connectivity index (χ1n) is 16.6. The largest absolute Gasteiger partial charge is 0.372 e. The van der Waals surface area contributed by atoms with Gasteiger partial charge in [0, 0.05) is 27.9 Å². The predicted molar refractivity (Wildman–Crippen MR) is 200 cm³/mol. The Kier molecular flexibility index (Phi) is 5.71. The molecule has 3 heterocycles. The summed E-state index contributed by atoms with van der Waals surface area (Å²) in [5, 5.41) is 4.76. The van der Waals surface area contributed by atoms with E-state index >= 15 is 0 Å². The fourth-order valence-electron chi connectivity index (χ4n) is 8.16. The Hall–Kier alpha value is -6.33. The van der Waals surface area contributed by atoms with Crippen molar-refractivity contribution in [1.82, 2.24) is 18.9 Å². The van der Waals surface area contributed by atoms with Gasteiger partial charge in [-0.1, -0.05) is 129 Å². The molecule has 0 amide bonds. The van der Waals surface area contributed by atoms with Crippen molar-refractivity contribution in [2.45, 2.75) is 19.3 Å². The molecule has 232 valence electrons. The molecule has 1 aliphatic carbocycles. The van der Waals surface area contributed by atoms with Crippen LogP contribution in [0.3, 0.4) is 0 Å². The molecule has 0 spiro atoms. The number of hydrogen-bond donors (Lipinski definition) is 0. The van der Waals surface area contributed by atoms with Crippen LogP contribution >= 0.6 is 0 Å². The average Bonchev–Trinajstić information content (AvgIpc) is 3.58. The van der Waals surface area contributed by atoms with Gasteiger partial charge < -0.3 is 0 Å². The molecule has 10 rings (SSSR count). The maximum absolute atomic E-state index is 13.5. The number of hydrogen-bond acceptors (Lipinski definition) is 3. The van der Waals surface area contributed by atoms with E-state index in [9.17, 15) is 4.79 Å². The molecule has 9 aromatic rings. The summed E-state index contributed by atoms with van der Waals surface area (Å²) in [5.74, 6) is 0.509. The zero-order valence-corrected chi connectivity index (χ0v) is 27.1. The smallest absolute Gasteiger partial charge is 0.279 e. The average molecular weight is 631 g/mol. The van der Waals surface area contributed by atoms with Crippen LogP contribution in [0.5, 0.6) is 0 Å². The third-order valence-corrected chi connectivity index (χ3v) is 10.4. The lowest BCUT2D eigenvalue weighted by molar-refractivity contribution is 0.666. The Morgan fingerprint density at radius 2 is 1.24 bits per heavy atom. The van der Waals surface area contributed by atoms with Gasteiger partial charge in [-0.3, -0.25) is 8.97 Å². The van der Waals surface area contributed by atoms with E-state index < -0.39 is 5.69 Å². The first-order valence-corrected chi connectivity index (χ1v) is 16.6. The van der Waals surface area contributed by atoms with Crippen LogP contribution in [0.2, 0.25) is 0 Å². The predicted octanol–water partition coefficient (Wildman–Crippen LogP) is 9.98. The lowest BCUT2D eigenvalue weighted by Gasteiger charge is -2.23. The Labute approximate surface area is 282 Å². The first kappa shape index (κ1) is 27.8. The molecule has 49 heavy (non-hydrogen) atoms. The van der Waals surface area contributed by atoms with Crippen molar-refractivity contribution in [2.24, 2.45) is 0 Å². The summed E-state index contributed by atoms with van der Waals surface area (Å²) in [6, 6.07) is 48.9. The Morgan fingerprint density at radius 3 is 2.04 bits per heavy atom. The van der Waals surface area contributed by atoms with Crippen LogP contribution < -0.4 is 5.69 Å². The van der Waals surface area contributed by atoms with Crippen molar-refractivity contribution in [3.05, 3.63) is 167 Å². The number of para-hydroxylation sites is 1. The highest BCUT2D eigenvalue weighted by Gasteiger charge is 2.38. The van der Waals surface area contributed by atoms with Crippen molar-refractivity contribution in [2.75, 3.05) is 0 Å². The van der Waals surface area contributed by atoms with Crippen LogP contribution in [-0.4, -0.2) is 18.9 Å². The van der Waals surface area contributed by atoms with Gasteiger partial charge in [-0.25, -0.2) is 4.79 Å². The monoisotopic (exact) mass is 630 g/mol. The summed E-state index contributed by atoms with van der Waals surface area (Å²) >= 11 is 0. The summed E-state index contributed by atoms with van der Waals surface area (Å²) in [7, 11) is 0. The highest BCUT2D eigenvalue weighted by molar-refractivity contribution is 6.12. The van der Waals surface area contributed by atoms with E-state index in [0.29, 0.717) is 11.6 Å². The molecule has 5 heteroatoms. The van der Waals surface area contributed by atoms with E-state index in [2.05, 4.69) is 132 Å². The molecule has 0 fully saturated rings. The fraction of sp³-hybridized carbons (Fsp3) is 0.0682. The highest BCUT2D eigenvalue weighted by atomic mass is 16.1. The number of fused-ring (bicyclic) bond motifs is 9. The third kappa shape index (κ3) is 3.96. The Balaban J connectivity index is 1.33. The van der Waals surface area contributed by atoms with Gasteiger partial charge in [0.25, 0.3) is 0 Å². The van der Waals surface area contributed by atoms with Gasteiger partial charge in [0.05, 0.1) is 11.0 Å². The normalized spacial score (nSPS) is 13.3. The van der Waals surface area contributed by atoms with E-state index in [1.807, 2.05) is 46.9 Å². The summed E-state index contributed by atoms with van der Waals surface area (Å²) in [6.45, 7) is 4.65. The molecule has 0 aliphatic heterocycles. The minimum Gasteiger partial charge on any atom is -0.279 e. The Bertz CT molecular complexity index is 2870. The standard InChI is InChI=1S/C44H30N4O/c1-44(2)37-25-39-36(24-35(37)33-22-21-29-17-9-10-18-31(29)40(33)44)32-19-11-12-20-38(32)48(39)43-46-42(49)45-41-34(28-15-7-4-8-16-28)23-30(26-47(41)43)27-13-5-3-6-14-27/h3-26H,1-2H3. The van der Waals surface area contributed by atoms with Crippen LogP contribution in [0.15, 0.2) is 151 Å². The van der Waals surface area contributed by atoms with E-state index in [1.54, 1.807) is 0 Å². The molecule has 0 radical (unpaired) electrons. The molecule has 1 aliphatic rings. The second-order valence-electron chi connectivity index (χ2n) is 13.5. The fourth-order valence-corrected chi connectivity index (χ4v) is 8.16. The topological polar surface area (TPSA) is 52.2 Å². The lowest BCUT2D eigenvalue weighted by atomic mass is 9.80. The first-order chi connectivity index (χ1) is 24.0. The quantitative estimate of drug-likeness (QED) is 0.195. The van der Waals surface area contributed by atoms with Crippen LogP contribution in [0.1, 0.15) is 25.0 Å². The number of nitrogens with zero attached hydrogens (tertiary/aromatic N) is 4. The SMILES string of the molecule is CC1(C)c2cc3c(cc2-c2ccc4ccccc4c21)c1ccccc1n3-c1nc(=O)nc2c(-c3ccccc3)cc(-c3ccccc3)cn12. The molecule has 0 unspecified atom stereocenters. The van der Waals surface area contributed by atoms with Gasteiger partial charge in [0.15, 0.2) is 5.65 Å². The van der Waals surface area contributed by atoms with Gasteiger partial charge in [-0.15, -0.1) is 0 Å². The van der Waals surface area contributed by atoms with Crippen molar-refractivity contribution >= 4 is 38.2 Å². The second kappa shape index (κ2) is 10.1. The van der Waals surface area contributed by atoms with Crippen molar-refractivity contribution < 1.29 is 0 Å². The van der Waals surface area contributed by atoms with Gasteiger partial charge in [-0.05, 0) is 74.0 Å². The molecule has 0 saturated heterocycles. The van der Waals surface area contributed by atoms with Crippen LogP contribution in [0, 0.1) is 0 Å². The second-order valence-corrected chi connectivity index (χ2v) is 13.5. The van der Waals surface area contributed by atoms with Crippen LogP contribution in [-0.2, 0) is 5.41 Å². The number of aromatic nitrogens is 4. The number of rotatable bonds is 3. The highest BCUT2D eigenvalue weighted by Crippen LogP contribution is 2.53. The summed E-state index contributed by atoms with van der Waals surface area (Å²) in [6.07, 6.45) is 2.06. The van der Waals surface area contributed by atoms with Gasteiger partial charge in [0.2, 0.25) is 5.95 Å². The minimum absolute atomic E-state index is 0.244. The zero-order chi connectivity index (χ0) is 32.9. The molecule has 6 aromatic carbocycles. The molecule has 3 aromatic heterocycles. The maximum atomic E-state index is 13.5. The molecule has 0 N–H and O–H groups in total. The van der Waals surface area contributed by atoms with Crippen LogP contribution in [0.4, 0.5) is 0 Å². The van der Waals surface area contributed by atoms with Crippen molar-refractivity contribution in [3.8, 4) is 39.3 Å². The van der Waals surface area contributed by atoms with Crippen molar-refractivity contribution in [3.63, 3.8) is 0 Å².